The van der Waals surface area contributed by atoms with Crippen LogP contribution in [0.3, 0.4) is 0 Å². The van der Waals surface area contributed by atoms with E-state index < -0.39 is 11.7 Å². The number of pyridine rings is 1. The van der Waals surface area contributed by atoms with E-state index in [1.807, 2.05) is 19.1 Å². The van der Waals surface area contributed by atoms with E-state index >= 15 is 0 Å². The molecule has 0 aliphatic rings. The van der Waals surface area contributed by atoms with Gasteiger partial charge in [0.15, 0.2) is 17.7 Å². The molecule has 0 radical (unpaired) electrons. The van der Waals surface area contributed by atoms with Crippen molar-refractivity contribution in [3.63, 3.8) is 0 Å². The monoisotopic (exact) mass is 330 g/mol. The average molecular weight is 330 g/mol. The Kier molecular flexibility index (Phi) is 4.05. The van der Waals surface area contributed by atoms with Crippen molar-refractivity contribution in [3.05, 3.63) is 71.8 Å². The van der Waals surface area contributed by atoms with Crippen LogP contribution < -0.4 is 4.57 Å². The Morgan fingerprint density at radius 2 is 1.67 bits per heavy atom. The fourth-order valence-corrected chi connectivity index (χ4v) is 2.58. The molecule has 0 saturated heterocycles. The molecule has 1 aromatic carbocycles. The highest BCUT2D eigenvalue weighted by Gasteiger charge is 2.34. The topological polar surface area (TPSA) is 29.7 Å². The molecule has 0 unspecified atom stereocenters. The predicted molar refractivity (Wildman–Crippen MR) is 83.5 cm³/mol. The molecule has 3 nitrogen and oxygen atoms in total. The molecule has 3 rings (SSSR count). The van der Waals surface area contributed by atoms with E-state index in [4.69, 9.17) is 0 Å². The van der Waals surface area contributed by atoms with Gasteiger partial charge in [0.25, 0.3) is 0 Å². The van der Waals surface area contributed by atoms with Crippen molar-refractivity contribution in [1.29, 1.82) is 0 Å². The van der Waals surface area contributed by atoms with Crippen LogP contribution in [0.25, 0.3) is 17.1 Å². The van der Waals surface area contributed by atoms with Gasteiger partial charge < -0.3 is 0 Å². The maximum atomic E-state index is 13.4. The summed E-state index contributed by atoms with van der Waals surface area (Å²) in [6, 6.07) is 9.37. The summed E-state index contributed by atoms with van der Waals surface area (Å²) in [4.78, 5) is 8.20. The summed E-state index contributed by atoms with van der Waals surface area (Å²) in [7, 11) is 0. The Balaban J connectivity index is 2.32. The lowest BCUT2D eigenvalue weighted by atomic mass is 10.0. The van der Waals surface area contributed by atoms with Gasteiger partial charge in [0.05, 0.1) is 5.56 Å². The second kappa shape index (κ2) is 6.03. The minimum atomic E-state index is -4.45. The van der Waals surface area contributed by atoms with Gasteiger partial charge in [0.1, 0.15) is 0 Å². The fraction of sp³-hybridized carbons (Fsp3) is 0.167. The van der Waals surface area contributed by atoms with E-state index in [-0.39, 0.29) is 5.82 Å². The van der Waals surface area contributed by atoms with Crippen molar-refractivity contribution < 1.29 is 17.7 Å². The average Bonchev–Trinajstić information content (AvgIpc) is 2.55. The Labute approximate surface area is 137 Å². The van der Waals surface area contributed by atoms with Gasteiger partial charge in [-0.2, -0.15) is 17.7 Å². The molecule has 0 aliphatic heterocycles. The summed E-state index contributed by atoms with van der Waals surface area (Å²) >= 11 is 0. The largest absolute Gasteiger partial charge is 0.416 e. The summed E-state index contributed by atoms with van der Waals surface area (Å²) in [5.74, 6) is 0.275. The standard InChI is InChI=1S/C18H15F3N3/c1-12-6-3-4-9-24(12)16-11-14(18(19,20)21)10-15(13(16)2)17-22-7-5-8-23-17/h3-11H,1-2H3/q+1. The van der Waals surface area contributed by atoms with Crippen molar-refractivity contribution in [2.75, 3.05) is 0 Å². The van der Waals surface area contributed by atoms with Crippen LogP contribution in [0.5, 0.6) is 0 Å². The van der Waals surface area contributed by atoms with Crippen LogP contribution in [0.2, 0.25) is 0 Å². The molecule has 0 aliphatic carbocycles. The van der Waals surface area contributed by atoms with Gasteiger partial charge in [-0.05, 0) is 19.1 Å². The zero-order valence-corrected chi connectivity index (χ0v) is 13.2. The fourth-order valence-electron chi connectivity index (χ4n) is 2.58. The summed E-state index contributed by atoms with van der Waals surface area (Å²) in [6.07, 6.45) is 0.327. The number of aromatic nitrogens is 3. The molecular weight excluding hydrogens is 315 g/mol. The number of hydrogen-bond donors (Lipinski definition) is 0. The van der Waals surface area contributed by atoms with Gasteiger partial charge in [0, 0.05) is 48.6 Å². The zero-order chi connectivity index (χ0) is 17.3. The molecule has 0 fully saturated rings. The molecule has 3 aromatic rings. The first-order valence-corrected chi connectivity index (χ1v) is 7.35. The maximum absolute atomic E-state index is 13.4. The number of nitrogens with zero attached hydrogens (tertiary/aromatic N) is 3. The van der Waals surface area contributed by atoms with Crippen LogP contribution in [0, 0.1) is 13.8 Å². The predicted octanol–water partition coefficient (Wildman–Crippen LogP) is 4.06. The summed E-state index contributed by atoms with van der Waals surface area (Å²) in [6.45, 7) is 3.62. The van der Waals surface area contributed by atoms with Crippen LogP contribution >= 0.6 is 0 Å². The Morgan fingerprint density at radius 3 is 2.29 bits per heavy atom. The zero-order valence-electron chi connectivity index (χ0n) is 13.2. The Morgan fingerprint density at radius 1 is 0.958 bits per heavy atom. The molecule has 24 heavy (non-hydrogen) atoms. The third-order valence-electron chi connectivity index (χ3n) is 3.84. The molecule has 0 saturated carbocycles. The Bertz CT molecular complexity index is 874. The first-order chi connectivity index (χ1) is 11.4. The van der Waals surface area contributed by atoms with Gasteiger partial charge in [0.2, 0.25) is 5.69 Å². The molecule has 0 spiro atoms. The van der Waals surface area contributed by atoms with Crippen molar-refractivity contribution >= 4 is 0 Å². The molecule has 0 bridgehead atoms. The van der Waals surface area contributed by atoms with Crippen LogP contribution in [0.15, 0.2) is 55.0 Å². The van der Waals surface area contributed by atoms with E-state index in [0.29, 0.717) is 16.8 Å². The van der Waals surface area contributed by atoms with Crippen LogP contribution in [0.1, 0.15) is 16.8 Å². The van der Waals surface area contributed by atoms with Crippen LogP contribution in [0.4, 0.5) is 13.2 Å². The van der Waals surface area contributed by atoms with Gasteiger partial charge in [-0.15, -0.1) is 0 Å². The maximum Gasteiger partial charge on any atom is 0.416 e. The normalized spacial score (nSPS) is 11.5. The van der Waals surface area contributed by atoms with E-state index in [0.717, 1.165) is 17.8 Å². The highest BCUT2D eigenvalue weighted by Crippen LogP contribution is 2.35. The first kappa shape index (κ1) is 16.1. The smallest absolute Gasteiger partial charge is 0.237 e. The minimum absolute atomic E-state index is 0.275. The van der Waals surface area contributed by atoms with Crippen molar-refractivity contribution in [3.8, 4) is 17.1 Å². The second-order valence-corrected chi connectivity index (χ2v) is 5.45. The number of benzene rings is 1. The minimum Gasteiger partial charge on any atom is -0.237 e. The van der Waals surface area contributed by atoms with Crippen molar-refractivity contribution in [1.82, 2.24) is 9.97 Å². The lowest BCUT2D eigenvalue weighted by molar-refractivity contribution is -0.603. The van der Waals surface area contributed by atoms with Gasteiger partial charge in [-0.1, -0.05) is 6.07 Å². The quantitative estimate of drug-likeness (QED) is 0.663. The number of hydrogen-bond acceptors (Lipinski definition) is 2. The van der Waals surface area contributed by atoms with E-state index in [1.165, 1.54) is 12.4 Å². The summed E-state index contributed by atoms with van der Waals surface area (Å²) in [5.41, 5.74) is 1.64. The van der Waals surface area contributed by atoms with Crippen molar-refractivity contribution in [2.45, 2.75) is 20.0 Å². The van der Waals surface area contributed by atoms with E-state index in [1.54, 1.807) is 29.8 Å². The number of rotatable bonds is 2. The van der Waals surface area contributed by atoms with Gasteiger partial charge in [-0.25, -0.2) is 9.97 Å². The SMILES string of the molecule is Cc1c(-c2ncccn2)cc(C(F)(F)F)cc1-[n+]1ccccc1C. The number of alkyl halides is 3. The van der Waals surface area contributed by atoms with E-state index in [2.05, 4.69) is 9.97 Å². The second-order valence-electron chi connectivity index (χ2n) is 5.45. The molecule has 0 atom stereocenters. The van der Waals surface area contributed by atoms with Gasteiger partial charge in [-0.3, -0.25) is 0 Å². The molecule has 122 valence electrons. The third kappa shape index (κ3) is 2.99. The molecule has 2 aromatic heterocycles. The number of aryl methyl sites for hydroxylation is 1. The Hall–Kier alpha value is -2.76. The molecular formula is C18H15F3N3+. The van der Waals surface area contributed by atoms with Gasteiger partial charge >= 0.3 is 6.18 Å². The summed E-state index contributed by atoms with van der Waals surface area (Å²) in [5, 5.41) is 0. The molecule has 0 amide bonds. The third-order valence-corrected chi connectivity index (χ3v) is 3.84. The highest BCUT2D eigenvalue weighted by molar-refractivity contribution is 5.65. The summed E-state index contributed by atoms with van der Waals surface area (Å²) < 4.78 is 41.8. The highest BCUT2D eigenvalue weighted by atomic mass is 19.4. The first-order valence-electron chi connectivity index (χ1n) is 7.35. The van der Waals surface area contributed by atoms with Crippen molar-refractivity contribution in [2.24, 2.45) is 0 Å². The molecule has 2 heterocycles. The van der Waals surface area contributed by atoms with E-state index in [9.17, 15) is 13.2 Å². The lowest BCUT2D eigenvalue weighted by Gasteiger charge is -2.13. The number of halogens is 3. The lowest BCUT2D eigenvalue weighted by Crippen LogP contribution is -2.35. The molecule has 6 heteroatoms. The van der Waals surface area contributed by atoms with Crippen LogP contribution in [-0.2, 0) is 6.18 Å². The molecule has 0 N–H and O–H groups in total. The van der Waals surface area contributed by atoms with Crippen LogP contribution in [-0.4, -0.2) is 9.97 Å².